The van der Waals surface area contributed by atoms with Gasteiger partial charge in [-0.25, -0.2) is 0 Å². The monoisotopic (exact) mass is 408 g/mol. The quantitative estimate of drug-likeness (QED) is 0.771. The molecule has 0 aliphatic carbocycles. The lowest BCUT2D eigenvalue weighted by molar-refractivity contribution is -0.119. The summed E-state index contributed by atoms with van der Waals surface area (Å²) in [6, 6.07) is 5.35. The zero-order chi connectivity index (χ0) is 19.4. The van der Waals surface area contributed by atoms with E-state index in [1.54, 1.807) is 18.3 Å². The molecule has 1 aromatic carbocycles. The number of fused-ring (bicyclic) bond motifs is 1. The van der Waals surface area contributed by atoms with Crippen molar-refractivity contribution in [1.82, 2.24) is 20.4 Å². The first-order valence-corrected chi connectivity index (χ1v) is 9.71. The van der Waals surface area contributed by atoms with Crippen molar-refractivity contribution in [1.29, 1.82) is 0 Å². The topological polar surface area (TPSA) is 76.0 Å². The normalized spacial score (nSPS) is 15.9. The Morgan fingerprint density at radius 3 is 2.85 bits per heavy atom. The zero-order valence-electron chi connectivity index (χ0n) is 15.1. The van der Waals surface area contributed by atoms with Crippen molar-refractivity contribution in [2.45, 2.75) is 32.7 Å². The van der Waals surface area contributed by atoms with E-state index in [9.17, 15) is 9.59 Å². The van der Waals surface area contributed by atoms with Gasteiger partial charge < -0.3 is 10.6 Å². The molecule has 2 N–H and O–H groups in total. The van der Waals surface area contributed by atoms with Gasteiger partial charge in [0.05, 0.1) is 17.5 Å². The average molecular weight is 409 g/mol. The molecule has 6 nitrogen and oxygen atoms in total. The lowest BCUT2D eigenvalue weighted by atomic mass is 9.94. The maximum Gasteiger partial charge on any atom is 0.254 e. The molecule has 0 unspecified atom stereocenters. The summed E-state index contributed by atoms with van der Waals surface area (Å²) in [6.07, 6.45) is 3.91. The van der Waals surface area contributed by atoms with Gasteiger partial charge in [-0.05, 0) is 42.9 Å². The maximum atomic E-state index is 12.6. The Morgan fingerprint density at radius 1 is 1.30 bits per heavy atom. The zero-order valence-corrected chi connectivity index (χ0v) is 16.6. The van der Waals surface area contributed by atoms with E-state index in [0.717, 1.165) is 30.6 Å². The number of amides is 2. The molecule has 1 aliphatic heterocycles. The molecule has 8 heteroatoms. The van der Waals surface area contributed by atoms with Gasteiger partial charge in [0.2, 0.25) is 5.91 Å². The van der Waals surface area contributed by atoms with Crippen LogP contribution in [0, 0.1) is 5.92 Å². The summed E-state index contributed by atoms with van der Waals surface area (Å²) in [5, 5.41) is 11.3. The second-order valence-electron chi connectivity index (χ2n) is 6.77. The van der Waals surface area contributed by atoms with Gasteiger partial charge in [-0.2, -0.15) is 5.10 Å². The minimum Gasteiger partial charge on any atom is -0.356 e. The number of halogens is 2. The molecule has 0 saturated heterocycles. The Labute approximate surface area is 168 Å². The molecule has 0 saturated carbocycles. The summed E-state index contributed by atoms with van der Waals surface area (Å²) in [5.41, 5.74) is 2.47. The first kappa shape index (κ1) is 19.7. The number of aryl methyl sites for hydroxylation is 1. The van der Waals surface area contributed by atoms with Crippen LogP contribution in [0.1, 0.15) is 35.0 Å². The van der Waals surface area contributed by atoms with Crippen molar-refractivity contribution in [2.24, 2.45) is 5.92 Å². The fourth-order valence-electron chi connectivity index (χ4n) is 3.28. The number of rotatable bonds is 6. The fourth-order valence-corrected chi connectivity index (χ4v) is 3.78. The molecule has 0 bridgehead atoms. The number of hydrogen-bond acceptors (Lipinski definition) is 3. The van der Waals surface area contributed by atoms with Crippen molar-refractivity contribution in [2.75, 3.05) is 13.1 Å². The van der Waals surface area contributed by atoms with E-state index < -0.39 is 0 Å². The Balaban J connectivity index is 1.58. The smallest absolute Gasteiger partial charge is 0.254 e. The van der Waals surface area contributed by atoms with Crippen molar-refractivity contribution in [3.63, 3.8) is 0 Å². The summed E-state index contributed by atoms with van der Waals surface area (Å²) >= 11 is 12.1. The first-order chi connectivity index (χ1) is 12.9. The lowest BCUT2D eigenvalue weighted by Crippen LogP contribution is -2.33. The highest BCUT2D eigenvalue weighted by atomic mass is 35.5. The lowest BCUT2D eigenvalue weighted by Gasteiger charge is -2.24. The second-order valence-corrected chi connectivity index (χ2v) is 7.61. The molecule has 0 fully saturated rings. The Kier molecular flexibility index (Phi) is 6.39. The molecule has 0 spiro atoms. The van der Waals surface area contributed by atoms with E-state index in [4.69, 9.17) is 23.2 Å². The van der Waals surface area contributed by atoms with Crippen LogP contribution < -0.4 is 10.6 Å². The summed E-state index contributed by atoms with van der Waals surface area (Å²) < 4.78 is 1.88. The van der Waals surface area contributed by atoms with Crippen molar-refractivity contribution in [3.8, 4) is 0 Å². The minimum absolute atomic E-state index is 0.0343. The summed E-state index contributed by atoms with van der Waals surface area (Å²) in [6.45, 7) is 3.36. The van der Waals surface area contributed by atoms with E-state index in [-0.39, 0.29) is 11.8 Å². The third kappa shape index (κ3) is 5.02. The Hall–Kier alpha value is -2.05. The van der Waals surface area contributed by atoms with Crippen LogP contribution in [0.15, 0.2) is 24.4 Å². The van der Waals surface area contributed by atoms with Gasteiger partial charge in [0.15, 0.2) is 0 Å². The largest absolute Gasteiger partial charge is 0.356 e. The Bertz CT molecular complexity index is 850. The highest BCUT2D eigenvalue weighted by Gasteiger charge is 2.25. The van der Waals surface area contributed by atoms with Gasteiger partial charge in [-0.15, -0.1) is 0 Å². The predicted octanol–water partition coefficient (Wildman–Crippen LogP) is 2.86. The third-order valence-corrected chi connectivity index (χ3v) is 5.35. The highest BCUT2D eigenvalue weighted by Crippen LogP contribution is 2.23. The van der Waals surface area contributed by atoms with Gasteiger partial charge in [-0.1, -0.05) is 29.3 Å². The van der Waals surface area contributed by atoms with E-state index in [2.05, 4.69) is 15.7 Å². The number of aromatic nitrogens is 2. The van der Waals surface area contributed by atoms with Crippen LogP contribution in [0.4, 0.5) is 0 Å². The average Bonchev–Trinajstić information content (AvgIpc) is 3.05. The molecule has 27 heavy (non-hydrogen) atoms. The van der Waals surface area contributed by atoms with Gasteiger partial charge in [0.25, 0.3) is 5.91 Å². The third-order valence-electron chi connectivity index (χ3n) is 4.76. The molecule has 2 heterocycles. The van der Waals surface area contributed by atoms with Crippen molar-refractivity contribution < 1.29 is 9.59 Å². The number of carbonyl (C=O) groups excluding carboxylic acids is 2. The molecule has 0 radical (unpaired) electrons. The summed E-state index contributed by atoms with van der Waals surface area (Å²) in [7, 11) is 0. The van der Waals surface area contributed by atoms with Crippen LogP contribution in [0.2, 0.25) is 10.0 Å². The van der Waals surface area contributed by atoms with Crippen molar-refractivity contribution in [3.05, 3.63) is 51.3 Å². The molecule has 1 aromatic heterocycles. The molecular formula is C19H22Cl2N4O2. The second kappa shape index (κ2) is 8.76. The van der Waals surface area contributed by atoms with E-state index >= 15 is 0 Å². The van der Waals surface area contributed by atoms with Crippen LogP contribution >= 0.6 is 23.2 Å². The molecule has 1 aliphatic rings. The van der Waals surface area contributed by atoms with Gasteiger partial charge in [-0.3, -0.25) is 14.3 Å². The van der Waals surface area contributed by atoms with Crippen LogP contribution in [-0.4, -0.2) is 34.7 Å². The van der Waals surface area contributed by atoms with Crippen LogP contribution in [-0.2, 0) is 24.2 Å². The number of nitrogens with one attached hydrogen (secondary N) is 2. The van der Waals surface area contributed by atoms with Gasteiger partial charge in [0, 0.05) is 36.6 Å². The first-order valence-electron chi connectivity index (χ1n) is 8.95. The highest BCUT2D eigenvalue weighted by molar-refractivity contribution is 6.35. The van der Waals surface area contributed by atoms with Crippen LogP contribution in [0.3, 0.4) is 0 Å². The van der Waals surface area contributed by atoms with E-state index in [1.165, 1.54) is 6.92 Å². The standard InChI is InChI=1S/C19H22Cl2N4O2/c1-12(26)23-10-13-5-7-25-18(8-13)16(11-24-25)19(27)22-6-4-14-2-3-15(20)9-17(14)21/h2-3,9,11,13H,4-8,10H2,1H3,(H,22,27)(H,23,26)/t13-/m1/s1. The number of nitrogens with zero attached hydrogens (tertiary/aromatic N) is 2. The van der Waals surface area contributed by atoms with Crippen molar-refractivity contribution >= 4 is 35.0 Å². The molecule has 3 rings (SSSR count). The number of hydrogen-bond donors (Lipinski definition) is 2. The van der Waals surface area contributed by atoms with E-state index in [0.29, 0.717) is 41.0 Å². The summed E-state index contributed by atoms with van der Waals surface area (Å²) in [4.78, 5) is 23.7. The fraction of sp³-hybridized carbons (Fsp3) is 0.421. The molecule has 144 valence electrons. The van der Waals surface area contributed by atoms with E-state index in [1.807, 2.05) is 10.7 Å². The van der Waals surface area contributed by atoms with Crippen LogP contribution in [0.25, 0.3) is 0 Å². The predicted molar refractivity (Wildman–Crippen MR) is 105 cm³/mol. The SMILES string of the molecule is CC(=O)NC[C@@H]1CCn2ncc(C(=O)NCCc3ccc(Cl)cc3Cl)c2C1. The Morgan fingerprint density at radius 2 is 2.11 bits per heavy atom. The van der Waals surface area contributed by atoms with Gasteiger partial charge in [0.1, 0.15) is 0 Å². The molecule has 2 aromatic rings. The number of carbonyl (C=O) groups is 2. The number of benzene rings is 1. The molecule has 1 atom stereocenters. The summed E-state index contributed by atoms with van der Waals surface area (Å²) in [5.74, 6) is 0.145. The molecule has 2 amide bonds. The molecular weight excluding hydrogens is 387 g/mol. The minimum atomic E-state index is -0.137. The maximum absolute atomic E-state index is 12.6. The van der Waals surface area contributed by atoms with Gasteiger partial charge >= 0.3 is 0 Å². The van der Waals surface area contributed by atoms with Crippen LogP contribution in [0.5, 0.6) is 0 Å².